The largest absolute Gasteiger partial charge is 0.467 e. The maximum Gasteiger partial charge on any atom is 0.241 e. The summed E-state index contributed by atoms with van der Waals surface area (Å²) in [5.41, 5.74) is 0. The second kappa shape index (κ2) is 8.91. The van der Waals surface area contributed by atoms with Crippen molar-refractivity contribution in [3.63, 3.8) is 0 Å². The molecule has 0 unspecified atom stereocenters. The van der Waals surface area contributed by atoms with Crippen LogP contribution < -0.4 is 4.72 Å². The highest BCUT2D eigenvalue weighted by atomic mass is 35.5. The molecule has 9 heteroatoms. The van der Waals surface area contributed by atoms with Gasteiger partial charge in [0.05, 0.1) is 30.3 Å². The SMILES string of the molecule is C[C@H](NS(=O)(=O)c1ccc(Cl)cc1)C(=O)N(Cc1ccco1)Cc1cccs1. The zero-order valence-electron chi connectivity index (χ0n) is 15.0. The van der Waals surface area contributed by atoms with Gasteiger partial charge in [-0.1, -0.05) is 17.7 Å². The lowest BCUT2D eigenvalue weighted by atomic mass is 10.2. The van der Waals surface area contributed by atoms with Gasteiger partial charge in [0.1, 0.15) is 5.76 Å². The van der Waals surface area contributed by atoms with Crippen molar-refractivity contribution in [2.45, 2.75) is 31.0 Å². The van der Waals surface area contributed by atoms with E-state index in [0.717, 1.165) is 4.88 Å². The Morgan fingerprint density at radius 1 is 1.18 bits per heavy atom. The fourth-order valence-corrected chi connectivity index (χ4v) is 4.67. The van der Waals surface area contributed by atoms with Gasteiger partial charge in [-0.2, -0.15) is 4.72 Å². The number of sulfonamides is 1. The third-order valence-electron chi connectivity index (χ3n) is 3.99. The van der Waals surface area contributed by atoms with E-state index in [1.54, 1.807) is 17.0 Å². The van der Waals surface area contributed by atoms with E-state index in [1.807, 2.05) is 17.5 Å². The molecule has 0 radical (unpaired) electrons. The van der Waals surface area contributed by atoms with Crippen molar-refractivity contribution in [2.75, 3.05) is 0 Å². The van der Waals surface area contributed by atoms with E-state index in [1.165, 1.54) is 48.8 Å². The molecule has 0 spiro atoms. The number of carbonyl (C=O) groups excluding carboxylic acids is 1. The molecule has 1 aromatic carbocycles. The average molecular weight is 439 g/mol. The Kier molecular flexibility index (Phi) is 6.56. The topological polar surface area (TPSA) is 79.6 Å². The van der Waals surface area contributed by atoms with Crippen LogP contribution in [0.4, 0.5) is 0 Å². The normalized spacial score (nSPS) is 12.6. The Morgan fingerprint density at radius 2 is 1.93 bits per heavy atom. The number of nitrogens with zero attached hydrogens (tertiary/aromatic N) is 1. The third-order valence-corrected chi connectivity index (χ3v) is 6.66. The number of amides is 1. The number of benzene rings is 1. The number of rotatable bonds is 8. The second-order valence-electron chi connectivity index (χ2n) is 6.15. The number of hydrogen-bond acceptors (Lipinski definition) is 5. The van der Waals surface area contributed by atoms with Gasteiger partial charge >= 0.3 is 0 Å². The number of hydrogen-bond donors (Lipinski definition) is 1. The molecular formula is C19H19ClN2O4S2. The minimum absolute atomic E-state index is 0.0485. The maximum atomic E-state index is 13.0. The van der Waals surface area contributed by atoms with Gasteiger partial charge in [0.25, 0.3) is 0 Å². The Morgan fingerprint density at radius 3 is 2.54 bits per heavy atom. The van der Waals surface area contributed by atoms with Crippen molar-refractivity contribution < 1.29 is 17.6 Å². The smallest absolute Gasteiger partial charge is 0.241 e. The molecule has 3 rings (SSSR count). The van der Waals surface area contributed by atoms with E-state index < -0.39 is 16.1 Å². The van der Waals surface area contributed by atoms with E-state index in [4.69, 9.17) is 16.0 Å². The molecule has 2 heterocycles. The van der Waals surface area contributed by atoms with Crippen LogP contribution in [0.1, 0.15) is 17.6 Å². The molecule has 28 heavy (non-hydrogen) atoms. The average Bonchev–Trinajstić information content (AvgIpc) is 3.34. The van der Waals surface area contributed by atoms with E-state index in [9.17, 15) is 13.2 Å². The van der Waals surface area contributed by atoms with Crippen LogP contribution in [-0.4, -0.2) is 25.3 Å². The Labute approximate surface area is 172 Å². The van der Waals surface area contributed by atoms with E-state index in [2.05, 4.69) is 4.72 Å². The van der Waals surface area contributed by atoms with Gasteiger partial charge in [-0.15, -0.1) is 11.3 Å². The molecule has 1 amide bonds. The summed E-state index contributed by atoms with van der Waals surface area (Å²) in [6.07, 6.45) is 1.54. The second-order valence-corrected chi connectivity index (χ2v) is 9.33. The molecule has 3 aromatic rings. The molecule has 0 aliphatic carbocycles. The van der Waals surface area contributed by atoms with Crippen LogP contribution in [0.3, 0.4) is 0 Å². The van der Waals surface area contributed by atoms with Crippen LogP contribution in [0.25, 0.3) is 0 Å². The summed E-state index contributed by atoms with van der Waals surface area (Å²) >= 11 is 7.34. The highest BCUT2D eigenvalue weighted by Gasteiger charge is 2.27. The molecule has 6 nitrogen and oxygen atoms in total. The zero-order chi connectivity index (χ0) is 20.1. The van der Waals surface area contributed by atoms with Gasteiger partial charge in [-0.25, -0.2) is 8.42 Å². The van der Waals surface area contributed by atoms with Crippen LogP contribution in [0.2, 0.25) is 5.02 Å². The number of thiophene rings is 1. The zero-order valence-corrected chi connectivity index (χ0v) is 17.4. The van der Waals surface area contributed by atoms with Crippen molar-refractivity contribution in [2.24, 2.45) is 0 Å². The Hall–Kier alpha value is -2.13. The quantitative estimate of drug-likeness (QED) is 0.578. The van der Waals surface area contributed by atoms with Gasteiger partial charge < -0.3 is 9.32 Å². The molecule has 2 aromatic heterocycles. The first-order valence-corrected chi connectivity index (χ1v) is 11.2. The molecule has 0 saturated heterocycles. The summed E-state index contributed by atoms with van der Waals surface area (Å²) in [4.78, 5) is 15.6. The lowest BCUT2D eigenvalue weighted by Gasteiger charge is -2.25. The van der Waals surface area contributed by atoms with Crippen molar-refractivity contribution in [3.8, 4) is 0 Å². The Balaban J connectivity index is 1.75. The number of furan rings is 1. The monoisotopic (exact) mass is 438 g/mol. The highest BCUT2D eigenvalue weighted by Crippen LogP contribution is 2.18. The minimum Gasteiger partial charge on any atom is -0.467 e. The minimum atomic E-state index is -3.86. The molecule has 0 fully saturated rings. The van der Waals surface area contributed by atoms with E-state index in [0.29, 0.717) is 17.3 Å². The van der Waals surface area contributed by atoms with Gasteiger partial charge in [0, 0.05) is 9.90 Å². The van der Waals surface area contributed by atoms with E-state index >= 15 is 0 Å². The first-order chi connectivity index (χ1) is 13.3. The molecule has 0 bridgehead atoms. The summed E-state index contributed by atoms with van der Waals surface area (Å²) in [5, 5.41) is 2.36. The highest BCUT2D eigenvalue weighted by molar-refractivity contribution is 7.89. The predicted octanol–water partition coefficient (Wildman–Crippen LogP) is 3.89. The fourth-order valence-electron chi connectivity index (χ4n) is 2.63. The van der Waals surface area contributed by atoms with E-state index in [-0.39, 0.29) is 17.3 Å². The van der Waals surface area contributed by atoms with Gasteiger partial charge in [-0.05, 0) is 54.8 Å². The van der Waals surface area contributed by atoms with Crippen molar-refractivity contribution >= 4 is 38.9 Å². The molecule has 1 N–H and O–H groups in total. The number of carbonyl (C=O) groups is 1. The molecular weight excluding hydrogens is 420 g/mol. The summed E-state index contributed by atoms with van der Waals surface area (Å²) in [6.45, 7) is 2.14. The van der Waals surface area contributed by atoms with Crippen molar-refractivity contribution in [1.82, 2.24) is 9.62 Å². The lowest BCUT2D eigenvalue weighted by molar-refractivity contribution is -0.134. The van der Waals surface area contributed by atoms with Crippen molar-refractivity contribution in [1.29, 1.82) is 0 Å². The number of halogens is 1. The van der Waals surface area contributed by atoms with Crippen LogP contribution in [0.5, 0.6) is 0 Å². The van der Waals surface area contributed by atoms with Gasteiger partial charge in [0.2, 0.25) is 15.9 Å². The molecule has 0 aliphatic rings. The summed E-state index contributed by atoms with van der Waals surface area (Å²) < 4.78 is 32.9. The maximum absolute atomic E-state index is 13.0. The van der Waals surface area contributed by atoms with Crippen LogP contribution >= 0.6 is 22.9 Å². The molecule has 1 atom stereocenters. The first kappa shape index (κ1) is 20.6. The summed E-state index contributed by atoms with van der Waals surface area (Å²) in [7, 11) is -3.86. The van der Waals surface area contributed by atoms with Gasteiger partial charge in [-0.3, -0.25) is 4.79 Å². The molecule has 148 valence electrons. The lowest BCUT2D eigenvalue weighted by Crippen LogP contribution is -2.46. The van der Waals surface area contributed by atoms with Crippen LogP contribution in [0, 0.1) is 0 Å². The standard InChI is InChI=1S/C19H19ClN2O4S2/c1-14(21-28(24,25)18-8-6-15(20)7-9-18)19(23)22(12-16-4-2-10-26-16)13-17-5-3-11-27-17/h2-11,14,21H,12-13H2,1H3/t14-/m0/s1. The van der Waals surface area contributed by atoms with Crippen LogP contribution in [-0.2, 0) is 27.9 Å². The summed E-state index contributed by atoms with van der Waals surface area (Å²) in [6, 6.07) is 12.2. The van der Waals surface area contributed by atoms with Crippen LogP contribution in [0.15, 0.2) is 69.5 Å². The molecule has 0 aliphatic heterocycles. The first-order valence-electron chi connectivity index (χ1n) is 8.46. The van der Waals surface area contributed by atoms with Gasteiger partial charge in [0.15, 0.2) is 0 Å². The van der Waals surface area contributed by atoms with Crippen molar-refractivity contribution in [3.05, 3.63) is 75.8 Å². The third kappa shape index (κ3) is 5.23. The molecule has 0 saturated carbocycles. The summed E-state index contributed by atoms with van der Waals surface area (Å²) in [5.74, 6) is 0.278. The number of nitrogens with one attached hydrogen (secondary N) is 1. The fraction of sp³-hybridized carbons (Fsp3) is 0.211. The Bertz CT molecular complexity index is 965. The predicted molar refractivity (Wildman–Crippen MR) is 109 cm³/mol.